The van der Waals surface area contributed by atoms with Crippen LogP contribution < -0.4 is 10.4 Å². The van der Waals surface area contributed by atoms with Gasteiger partial charge in [-0.05, 0) is 53.4 Å². The molecule has 5 heteroatoms. The van der Waals surface area contributed by atoms with Crippen molar-refractivity contribution in [1.29, 1.82) is 0 Å². The molecular weight excluding hydrogens is 348 g/mol. The van der Waals surface area contributed by atoms with Crippen molar-refractivity contribution in [3.63, 3.8) is 0 Å². The van der Waals surface area contributed by atoms with E-state index in [0.29, 0.717) is 27.6 Å². The highest BCUT2D eigenvalue weighted by atomic mass is 19.1. The minimum atomic E-state index is -0.380. The lowest BCUT2D eigenvalue weighted by Gasteiger charge is -2.19. The third kappa shape index (κ3) is 2.87. The van der Waals surface area contributed by atoms with Crippen molar-refractivity contribution in [3.8, 4) is 22.4 Å². The highest BCUT2D eigenvalue weighted by molar-refractivity contribution is 6.02. The van der Waals surface area contributed by atoms with Crippen molar-refractivity contribution in [1.82, 2.24) is 4.73 Å². The normalized spacial score (nSPS) is 10.9. The number of halogens is 2. The second kappa shape index (κ2) is 6.68. The van der Waals surface area contributed by atoms with E-state index in [1.807, 2.05) is 12.1 Å². The molecule has 0 saturated carbocycles. The third-order valence-electron chi connectivity index (χ3n) is 4.48. The van der Waals surface area contributed by atoms with E-state index in [2.05, 4.69) is 0 Å². The second-order valence-electron chi connectivity index (χ2n) is 6.07. The molecule has 0 fully saturated rings. The molecule has 3 aromatic carbocycles. The van der Waals surface area contributed by atoms with Gasteiger partial charge in [0.25, 0.3) is 5.56 Å². The van der Waals surface area contributed by atoms with Crippen LogP contribution in [-0.2, 0) is 0 Å². The van der Waals surface area contributed by atoms with Crippen LogP contribution >= 0.6 is 0 Å². The Morgan fingerprint density at radius 3 is 1.81 bits per heavy atom. The summed E-state index contributed by atoms with van der Waals surface area (Å²) in [5.74, 6) is -0.736. The second-order valence-corrected chi connectivity index (χ2v) is 6.07. The molecule has 27 heavy (non-hydrogen) atoms. The number of hydrogen-bond donors (Lipinski definition) is 0. The molecule has 1 aromatic heterocycles. The van der Waals surface area contributed by atoms with Crippen molar-refractivity contribution in [2.75, 3.05) is 7.11 Å². The summed E-state index contributed by atoms with van der Waals surface area (Å²) in [4.78, 5) is 18.4. The standard InChI is InChI=1S/C22H15F2NO2/c1-27-25-21(15-8-12-17(24)13-9-15)20(14-6-10-16(23)11-7-14)18-4-2-3-5-19(18)22(25)26/h2-13H,1H3. The molecule has 4 aromatic rings. The van der Waals surface area contributed by atoms with Crippen LogP contribution in [0.1, 0.15) is 0 Å². The molecule has 0 aliphatic rings. The van der Waals surface area contributed by atoms with Gasteiger partial charge in [-0.2, -0.15) is 0 Å². The van der Waals surface area contributed by atoms with Crippen molar-refractivity contribution in [3.05, 3.63) is 94.8 Å². The zero-order valence-corrected chi connectivity index (χ0v) is 14.4. The van der Waals surface area contributed by atoms with Gasteiger partial charge in [-0.15, -0.1) is 4.73 Å². The largest absolute Gasteiger partial charge is 0.413 e. The van der Waals surface area contributed by atoms with Gasteiger partial charge >= 0.3 is 0 Å². The molecule has 0 bridgehead atoms. The fourth-order valence-corrected chi connectivity index (χ4v) is 3.28. The maximum Gasteiger partial charge on any atom is 0.291 e. The number of aromatic nitrogens is 1. The zero-order chi connectivity index (χ0) is 19.0. The molecule has 0 radical (unpaired) electrons. The lowest BCUT2D eigenvalue weighted by molar-refractivity contribution is 0.163. The first-order valence-corrected chi connectivity index (χ1v) is 8.34. The summed E-state index contributed by atoms with van der Waals surface area (Å²) in [5, 5.41) is 1.19. The number of fused-ring (bicyclic) bond motifs is 1. The summed E-state index contributed by atoms with van der Waals surface area (Å²) in [6.45, 7) is 0. The highest BCUT2D eigenvalue weighted by Crippen LogP contribution is 2.36. The lowest BCUT2D eigenvalue weighted by atomic mass is 9.94. The molecular formula is C22H15F2NO2. The molecule has 0 aliphatic carbocycles. The molecule has 0 N–H and O–H groups in total. The minimum Gasteiger partial charge on any atom is -0.413 e. The first kappa shape index (κ1) is 17.0. The summed E-state index contributed by atoms with van der Waals surface area (Å²) in [6.07, 6.45) is 0. The Morgan fingerprint density at radius 2 is 1.26 bits per heavy atom. The number of hydrogen-bond acceptors (Lipinski definition) is 2. The average Bonchev–Trinajstić information content (AvgIpc) is 2.69. The fraction of sp³-hybridized carbons (Fsp3) is 0.0455. The Bertz CT molecular complexity index is 1180. The SMILES string of the molecule is COn1c(-c2ccc(F)cc2)c(-c2ccc(F)cc2)c2ccccc2c1=O. The van der Waals surface area contributed by atoms with Crippen LogP contribution in [0.2, 0.25) is 0 Å². The van der Waals surface area contributed by atoms with Gasteiger partial charge in [-0.1, -0.05) is 30.3 Å². The first-order valence-electron chi connectivity index (χ1n) is 8.34. The Kier molecular flexibility index (Phi) is 4.20. The van der Waals surface area contributed by atoms with Gasteiger partial charge in [0.15, 0.2) is 0 Å². The predicted molar refractivity (Wildman–Crippen MR) is 102 cm³/mol. The van der Waals surface area contributed by atoms with E-state index in [-0.39, 0.29) is 17.2 Å². The van der Waals surface area contributed by atoms with Gasteiger partial charge in [0.05, 0.1) is 11.1 Å². The first-order chi connectivity index (χ1) is 13.1. The van der Waals surface area contributed by atoms with Gasteiger partial charge in [-0.3, -0.25) is 4.79 Å². The van der Waals surface area contributed by atoms with Gasteiger partial charge in [0.2, 0.25) is 0 Å². The van der Waals surface area contributed by atoms with Gasteiger partial charge in [-0.25, -0.2) is 8.78 Å². The molecule has 0 unspecified atom stereocenters. The molecule has 3 nitrogen and oxygen atoms in total. The summed E-state index contributed by atoms with van der Waals surface area (Å²) in [5.41, 5.74) is 2.20. The van der Waals surface area contributed by atoms with E-state index in [1.165, 1.54) is 36.1 Å². The predicted octanol–water partition coefficient (Wildman–Crippen LogP) is 4.67. The summed E-state index contributed by atoms with van der Waals surface area (Å²) in [7, 11) is 1.40. The summed E-state index contributed by atoms with van der Waals surface area (Å²) < 4.78 is 28.1. The van der Waals surface area contributed by atoms with E-state index in [9.17, 15) is 13.6 Å². The van der Waals surface area contributed by atoms with E-state index >= 15 is 0 Å². The maximum absolute atomic E-state index is 13.5. The highest BCUT2D eigenvalue weighted by Gasteiger charge is 2.20. The van der Waals surface area contributed by atoms with Gasteiger partial charge < -0.3 is 4.84 Å². The number of nitrogens with zero attached hydrogens (tertiary/aromatic N) is 1. The fourth-order valence-electron chi connectivity index (χ4n) is 3.28. The molecule has 0 amide bonds. The zero-order valence-electron chi connectivity index (χ0n) is 14.4. The van der Waals surface area contributed by atoms with E-state index in [1.54, 1.807) is 36.4 Å². The summed E-state index contributed by atoms with van der Waals surface area (Å²) in [6, 6.07) is 19.0. The van der Waals surface area contributed by atoms with Crippen LogP contribution in [0.3, 0.4) is 0 Å². The molecule has 0 saturated heterocycles. The van der Waals surface area contributed by atoms with Crippen LogP contribution in [-0.4, -0.2) is 11.8 Å². The van der Waals surface area contributed by atoms with Crippen LogP contribution in [0.25, 0.3) is 33.2 Å². The minimum absolute atomic E-state index is 0.321. The Morgan fingerprint density at radius 1 is 0.741 bits per heavy atom. The quantitative estimate of drug-likeness (QED) is 0.530. The molecule has 0 spiro atoms. The van der Waals surface area contributed by atoms with Crippen LogP contribution in [0, 0.1) is 11.6 Å². The molecule has 0 atom stereocenters. The molecule has 0 aliphatic heterocycles. The van der Waals surface area contributed by atoms with Crippen LogP contribution in [0.5, 0.6) is 0 Å². The van der Waals surface area contributed by atoms with E-state index in [4.69, 9.17) is 4.84 Å². The van der Waals surface area contributed by atoms with Crippen molar-refractivity contribution >= 4 is 10.8 Å². The smallest absolute Gasteiger partial charge is 0.291 e. The molecule has 1 heterocycles. The van der Waals surface area contributed by atoms with E-state index in [0.717, 1.165) is 5.56 Å². The molecule has 134 valence electrons. The number of rotatable bonds is 3. The Hall–Kier alpha value is -3.47. The van der Waals surface area contributed by atoms with Crippen molar-refractivity contribution < 1.29 is 13.6 Å². The van der Waals surface area contributed by atoms with Gasteiger partial charge in [0.1, 0.15) is 18.7 Å². The van der Waals surface area contributed by atoms with Gasteiger partial charge in [0, 0.05) is 11.1 Å². The third-order valence-corrected chi connectivity index (χ3v) is 4.48. The van der Waals surface area contributed by atoms with Crippen molar-refractivity contribution in [2.45, 2.75) is 0 Å². The van der Waals surface area contributed by atoms with Crippen LogP contribution in [0.15, 0.2) is 77.6 Å². The molecule has 4 rings (SSSR count). The summed E-state index contributed by atoms with van der Waals surface area (Å²) >= 11 is 0. The maximum atomic E-state index is 13.5. The van der Waals surface area contributed by atoms with E-state index < -0.39 is 0 Å². The monoisotopic (exact) mass is 363 g/mol. The average molecular weight is 363 g/mol. The number of pyridine rings is 1. The van der Waals surface area contributed by atoms with Crippen molar-refractivity contribution in [2.24, 2.45) is 0 Å². The lowest BCUT2D eigenvalue weighted by Crippen LogP contribution is -2.27. The Balaban J connectivity index is 2.19. The van der Waals surface area contributed by atoms with Crippen LogP contribution in [0.4, 0.5) is 8.78 Å². The number of benzene rings is 3. The Labute approximate surface area is 154 Å². The topological polar surface area (TPSA) is 31.2 Å².